The monoisotopic (exact) mass is 1320 g/mol. The van der Waals surface area contributed by atoms with Crippen LogP contribution in [-0.4, -0.2) is 51.2 Å². The molecule has 0 spiro atoms. The molecule has 8 nitrogen and oxygen atoms in total. The fourth-order valence-corrected chi connectivity index (χ4v) is 7.55. The summed E-state index contributed by atoms with van der Waals surface area (Å²) in [5.41, 5.74) is 0. The van der Waals surface area contributed by atoms with Crippen molar-refractivity contribution in [3.8, 4) is 0 Å². The van der Waals surface area contributed by atoms with Crippen LogP contribution < -0.4 is 20.4 Å². The van der Waals surface area contributed by atoms with Crippen LogP contribution in [0.15, 0.2) is 146 Å². The Hall–Kier alpha value is -4.32. The van der Waals surface area contributed by atoms with Gasteiger partial charge in [0.05, 0.1) is 0 Å². The van der Waals surface area contributed by atoms with Gasteiger partial charge in [-0.1, -0.05) is 251 Å². The Morgan fingerprint density at radius 2 is 0.346 bits per heavy atom. The Morgan fingerprint density at radius 1 is 0.210 bits per heavy atom. The first kappa shape index (κ1) is 85.5. The fraction of sp³-hybridized carbons (Fsp3) is 0.611. The first-order valence-electron chi connectivity index (χ1n) is 31.7. The van der Waals surface area contributed by atoms with Crippen molar-refractivity contribution in [3.63, 3.8) is 0 Å². The number of carbonyl (C=O) groups is 4. The van der Waals surface area contributed by atoms with Gasteiger partial charge in [0.1, 0.15) is 0 Å². The molecule has 0 unspecified atom stereocenters. The van der Waals surface area contributed by atoms with Gasteiger partial charge >= 0.3 is 0 Å². The van der Waals surface area contributed by atoms with E-state index in [1.807, 2.05) is 0 Å². The van der Waals surface area contributed by atoms with Gasteiger partial charge in [0.15, 0.2) is 0 Å². The Balaban J connectivity index is -0.000000316. The summed E-state index contributed by atoms with van der Waals surface area (Å²) in [4.78, 5) is 40.8. The van der Waals surface area contributed by atoms with Crippen LogP contribution in [0.25, 0.3) is 0 Å². The predicted molar refractivity (Wildman–Crippen MR) is 343 cm³/mol. The van der Waals surface area contributed by atoms with E-state index in [9.17, 15) is 39.6 Å². The molecule has 0 aliphatic rings. The molecule has 0 aromatic carbocycles. The van der Waals surface area contributed by atoms with Gasteiger partial charge in [-0.3, -0.25) is 0 Å². The van der Waals surface area contributed by atoms with Gasteiger partial charge in [-0.25, -0.2) is 0 Å². The van der Waals surface area contributed by atoms with Crippen molar-refractivity contribution in [2.75, 3.05) is 0 Å². The third-order valence-corrected chi connectivity index (χ3v) is 12.1. The number of hydrogen-bond acceptors (Lipinski definition) is 8. The summed E-state index contributed by atoms with van der Waals surface area (Å²) in [5.74, 6) is -3.70. The number of carbonyl (C=O) groups excluding carboxylic acids is 4. The van der Waals surface area contributed by atoms with E-state index in [0.717, 1.165) is 180 Å². The fourth-order valence-electron chi connectivity index (χ4n) is 7.55. The summed E-state index contributed by atoms with van der Waals surface area (Å²) in [6.45, 7) is 8.58. The van der Waals surface area contributed by atoms with Gasteiger partial charge in [0.25, 0.3) is 0 Å². The third kappa shape index (κ3) is 101. The molecule has 0 heterocycles. The summed E-state index contributed by atoms with van der Waals surface area (Å²) in [6.07, 6.45) is 92.2. The smallest absolute Gasteiger partial charge is 0.0414 e. The van der Waals surface area contributed by atoms with Crippen LogP contribution >= 0.6 is 0 Å². The van der Waals surface area contributed by atoms with Crippen molar-refractivity contribution in [2.45, 2.75) is 285 Å². The Morgan fingerprint density at radius 3 is 0.506 bits per heavy atom. The average Bonchev–Trinajstić information content (AvgIpc) is 3.43. The molecule has 0 aromatic rings. The van der Waals surface area contributed by atoms with Gasteiger partial charge in [-0.2, -0.15) is 0 Å². The number of aliphatic carboxylic acids is 4. The zero-order valence-corrected chi connectivity index (χ0v) is 55.8. The normalized spacial score (nSPS) is 11.9. The van der Waals surface area contributed by atoms with E-state index in [4.69, 9.17) is 0 Å². The maximum absolute atomic E-state index is 10.2. The van der Waals surface area contributed by atoms with Crippen LogP contribution in [0.3, 0.4) is 0 Å². The van der Waals surface area contributed by atoms with Crippen molar-refractivity contribution in [1.29, 1.82) is 0 Å². The quantitative estimate of drug-likeness (QED) is 0.0330. The predicted octanol–water partition coefficient (Wildman–Crippen LogP) is 16.9. The van der Waals surface area contributed by atoms with Gasteiger partial charge in [0, 0.05) is 51.2 Å². The molecule has 0 amide bonds. The number of allylic oxidation sites excluding steroid dienone is 24. The topological polar surface area (TPSA) is 161 Å². The second-order valence-electron chi connectivity index (χ2n) is 19.9. The second kappa shape index (κ2) is 82.1. The number of rotatable bonds is 52. The molecule has 0 aliphatic carbocycles. The molecule has 0 aromatic heterocycles. The maximum Gasteiger partial charge on any atom is 0.0414 e. The van der Waals surface area contributed by atoms with Crippen LogP contribution in [0.5, 0.6) is 0 Å². The number of carboxylic acid groups (broad SMARTS) is 4. The standard InChI is InChI=1S/4C18H30O2.Pb/c4*1-2-3-4-5-6-7-8-9-10-11-12-13-14-15-16-17-18(19)20;/h4*3-4,6-7,9-10H,2,5,8,11-17H2,1H3,(H,19,20);/p-4/b4*4-3-,7-6-,10-9-;. The maximum atomic E-state index is 10.2. The number of carboxylic acids is 4. The molecule has 460 valence electrons. The molecule has 0 saturated heterocycles. The molecule has 0 rings (SSSR count). The van der Waals surface area contributed by atoms with E-state index in [0.29, 0.717) is 0 Å². The van der Waals surface area contributed by atoms with Crippen LogP contribution in [0.1, 0.15) is 285 Å². The van der Waals surface area contributed by atoms with E-state index in [-0.39, 0.29) is 53.0 Å². The Labute approximate surface area is 517 Å². The van der Waals surface area contributed by atoms with E-state index < -0.39 is 23.9 Å². The van der Waals surface area contributed by atoms with E-state index in [2.05, 4.69) is 174 Å². The van der Waals surface area contributed by atoms with Crippen LogP contribution in [-0.2, 0) is 19.2 Å². The first-order chi connectivity index (χ1) is 39.1. The van der Waals surface area contributed by atoms with Crippen molar-refractivity contribution in [1.82, 2.24) is 0 Å². The van der Waals surface area contributed by atoms with Crippen LogP contribution in [0.4, 0.5) is 0 Å². The number of unbranched alkanes of at least 4 members (excludes halogenated alkanes) is 20. The van der Waals surface area contributed by atoms with Crippen molar-refractivity contribution < 1.29 is 39.6 Å². The second-order valence-corrected chi connectivity index (χ2v) is 19.9. The molecule has 0 atom stereocenters. The van der Waals surface area contributed by atoms with Crippen molar-refractivity contribution in [3.05, 3.63) is 146 Å². The summed E-state index contributed by atoms with van der Waals surface area (Å²) in [6, 6.07) is 0. The van der Waals surface area contributed by atoms with Crippen molar-refractivity contribution in [2.24, 2.45) is 0 Å². The summed E-state index contributed by atoms with van der Waals surface area (Å²) in [5, 5.41) is 40.8. The molecule has 4 radical (unpaired) electrons. The molecule has 0 bridgehead atoms. The average molecular weight is 1320 g/mol. The minimum Gasteiger partial charge on any atom is -0.550 e. The van der Waals surface area contributed by atoms with E-state index in [1.54, 1.807) is 0 Å². The summed E-state index contributed by atoms with van der Waals surface area (Å²) < 4.78 is 0. The van der Waals surface area contributed by atoms with Crippen LogP contribution in [0, 0.1) is 0 Å². The Bertz CT molecular complexity index is 1460. The third-order valence-electron chi connectivity index (χ3n) is 12.1. The molecular weight excluding hydrogens is 1200 g/mol. The van der Waals surface area contributed by atoms with Gasteiger partial charge in [-0.15, -0.1) is 0 Å². The Kier molecular flexibility index (Phi) is 86.7. The van der Waals surface area contributed by atoms with E-state index in [1.165, 1.54) is 51.4 Å². The zero-order chi connectivity index (χ0) is 59.6. The van der Waals surface area contributed by atoms with E-state index >= 15 is 0 Å². The molecule has 0 N–H and O–H groups in total. The first-order valence-corrected chi connectivity index (χ1v) is 31.7. The van der Waals surface area contributed by atoms with Gasteiger partial charge < -0.3 is 39.6 Å². The summed E-state index contributed by atoms with van der Waals surface area (Å²) >= 11 is 0. The summed E-state index contributed by atoms with van der Waals surface area (Å²) in [7, 11) is 0. The van der Waals surface area contributed by atoms with Crippen molar-refractivity contribution >= 4 is 51.2 Å². The molecule has 81 heavy (non-hydrogen) atoms. The zero-order valence-electron chi connectivity index (χ0n) is 51.9. The molecular formula is C72H116O8Pb-4. The molecule has 9 heteroatoms. The molecule has 0 aliphatic heterocycles. The van der Waals surface area contributed by atoms with Gasteiger partial charge in [0.2, 0.25) is 0 Å². The minimum atomic E-state index is -0.925. The SMILES string of the molecule is CC/C=C\C/C=C\C/C=C\CCCCCCCC(=O)[O-].CC/C=C\C/C=C\C/C=C\CCCCCCCC(=O)[O-].CC/C=C\C/C=C\C/C=C\CCCCCCCC(=O)[O-].CC/C=C\C/C=C\C/C=C\CCCCCCCC(=O)[O-].[Pb]. The number of hydrogen-bond donors (Lipinski definition) is 0. The molecule has 0 fully saturated rings. The molecule has 0 saturated carbocycles. The van der Waals surface area contributed by atoms with Gasteiger partial charge in [-0.05, 0) is 180 Å². The van der Waals surface area contributed by atoms with Crippen LogP contribution in [0.2, 0.25) is 0 Å². The minimum absolute atomic E-state index is 0. The largest absolute Gasteiger partial charge is 0.550 e.